The van der Waals surface area contributed by atoms with Gasteiger partial charge in [0.15, 0.2) is 0 Å². The van der Waals surface area contributed by atoms with Gasteiger partial charge >= 0.3 is 11.9 Å². The molecule has 0 unspecified atom stereocenters. The number of allylic oxidation sites excluding steroid dienone is 1. The number of unbranched alkanes of at least 4 members (excludes halogenated alkanes) is 27. The Morgan fingerprint density at radius 3 is 1.00 bits per heavy atom. The Bertz CT molecular complexity index is 1300. The van der Waals surface area contributed by atoms with Gasteiger partial charge in [-0.05, 0) is 53.8 Å². The third-order valence-electron chi connectivity index (χ3n) is 10.4. The lowest BCUT2D eigenvalue weighted by Gasteiger charge is -2.14. The molecule has 53 heavy (non-hydrogen) atoms. The van der Waals surface area contributed by atoms with Crippen molar-refractivity contribution in [2.75, 3.05) is 0 Å². The third-order valence-corrected chi connectivity index (χ3v) is 10.9. The van der Waals surface area contributed by atoms with Gasteiger partial charge in [0.1, 0.15) is 22.6 Å². The van der Waals surface area contributed by atoms with Gasteiger partial charge in [-0.1, -0.05) is 203 Å². The van der Waals surface area contributed by atoms with Crippen molar-refractivity contribution in [2.24, 2.45) is 0 Å². The average Bonchev–Trinajstić information content (AvgIpc) is 3.13. The van der Waals surface area contributed by atoms with Crippen LogP contribution in [0, 0.1) is 0 Å². The van der Waals surface area contributed by atoms with Crippen LogP contribution in [0.25, 0.3) is 5.57 Å². The fourth-order valence-electron chi connectivity index (χ4n) is 7.12. The van der Waals surface area contributed by atoms with Crippen molar-refractivity contribution in [3.8, 4) is 11.5 Å². The molecule has 0 fully saturated rings. The number of phenols is 2. The molecule has 0 aliphatic rings. The number of benzene rings is 2. The predicted octanol–water partition coefficient (Wildman–Crippen LogP) is 15.2. The lowest BCUT2D eigenvalue weighted by molar-refractivity contribution is 0.0682. The minimum absolute atomic E-state index is 0.135. The molecule has 0 aromatic heterocycles. The molecule has 0 atom stereocenters. The molecule has 6 nitrogen and oxygen atoms in total. The molecular formula is C45H68Cl2O6. The number of aromatic carboxylic acids is 2. The number of carbonyl (C=O) groups is 2. The van der Waals surface area contributed by atoms with E-state index in [1.165, 1.54) is 178 Å². The number of aromatic hydroxyl groups is 2. The second kappa shape index (κ2) is 28.7. The van der Waals surface area contributed by atoms with E-state index < -0.39 is 23.4 Å². The number of carboxylic acids is 2. The van der Waals surface area contributed by atoms with Gasteiger partial charge in [-0.2, -0.15) is 0 Å². The zero-order valence-electron chi connectivity index (χ0n) is 32.5. The number of rotatable bonds is 32. The molecule has 0 saturated heterocycles. The fraction of sp³-hybridized carbons (Fsp3) is 0.644. The molecule has 0 heterocycles. The second-order valence-electron chi connectivity index (χ2n) is 14.9. The zero-order chi connectivity index (χ0) is 38.7. The summed E-state index contributed by atoms with van der Waals surface area (Å²) in [5, 5.41) is 39.2. The summed E-state index contributed by atoms with van der Waals surface area (Å²) in [6, 6.07) is 5.49. The maximum Gasteiger partial charge on any atom is 0.339 e. The quantitative estimate of drug-likeness (QED) is 0.0550. The monoisotopic (exact) mass is 774 g/mol. The highest BCUT2D eigenvalue weighted by molar-refractivity contribution is 6.33. The molecule has 0 saturated carbocycles. The van der Waals surface area contributed by atoms with Crippen LogP contribution in [0.15, 0.2) is 30.3 Å². The highest BCUT2D eigenvalue weighted by atomic mass is 35.5. The van der Waals surface area contributed by atoms with Crippen molar-refractivity contribution in [1.82, 2.24) is 0 Å². The van der Waals surface area contributed by atoms with Crippen LogP contribution >= 0.6 is 23.2 Å². The molecule has 0 radical (unpaired) electrons. The molecule has 298 valence electrons. The topological polar surface area (TPSA) is 115 Å². The molecule has 0 spiro atoms. The minimum Gasteiger partial charge on any atom is -0.505 e. The van der Waals surface area contributed by atoms with E-state index in [4.69, 9.17) is 23.2 Å². The van der Waals surface area contributed by atoms with Crippen LogP contribution in [0.5, 0.6) is 11.5 Å². The summed E-state index contributed by atoms with van der Waals surface area (Å²) < 4.78 is 0. The number of hydrogen-bond acceptors (Lipinski definition) is 4. The highest BCUT2D eigenvalue weighted by Gasteiger charge is 2.20. The molecule has 2 rings (SSSR count). The van der Waals surface area contributed by atoms with Gasteiger partial charge in [0.2, 0.25) is 0 Å². The normalized spacial score (nSPS) is 11.2. The van der Waals surface area contributed by atoms with Crippen LogP contribution in [0.4, 0.5) is 0 Å². The fourth-order valence-corrected chi connectivity index (χ4v) is 7.56. The van der Waals surface area contributed by atoms with E-state index >= 15 is 0 Å². The molecule has 0 aliphatic heterocycles. The molecule has 0 aliphatic carbocycles. The Hall–Kier alpha value is -2.70. The van der Waals surface area contributed by atoms with Crippen molar-refractivity contribution in [3.05, 3.63) is 62.6 Å². The van der Waals surface area contributed by atoms with E-state index in [9.17, 15) is 30.0 Å². The summed E-state index contributed by atoms with van der Waals surface area (Å²) in [5.74, 6) is -3.76. The molecule has 0 bridgehead atoms. The van der Waals surface area contributed by atoms with Gasteiger partial charge in [0.05, 0.1) is 10.0 Å². The van der Waals surface area contributed by atoms with Crippen LogP contribution < -0.4 is 0 Å². The van der Waals surface area contributed by atoms with Crippen LogP contribution in [0.3, 0.4) is 0 Å². The van der Waals surface area contributed by atoms with Gasteiger partial charge in [0, 0.05) is 0 Å². The van der Waals surface area contributed by atoms with Crippen LogP contribution in [-0.2, 0) is 0 Å². The van der Waals surface area contributed by atoms with E-state index in [0.717, 1.165) is 19.3 Å². The summed E-state index contributed by atoms with van der Waals surface area (Å²) in [6.07, 6.45) is 38.9. The van der Waals surface area contributed by atoms with Crippen molar-refractivity contribution in [2.45, 2.75) is 187 Å². The Balaban J connectivity index is 1.56. The zero-order valence-corrected chi connectivity index (χ0v) is 34.1. The first-order valence-corrected chi connectivity index (χ1v) is 21.7. The lowest BCUT2D eigenvalue weighted by atomic mass is 9.93. The Morgan fingerprint density at radius 2 is 0.736 bits per heavy atom. The highest BCUT2D eigenvalue weighted by Crippen LogP contribution is 2.38. The van der Waals surface area contributed by atoms with Gasteiger partial charge in [-0.25, -0.2) is 9.59 Å². The smallest absolute Gasteiger partial charge is 0.339 e. The summed E-state index contributed by atoms with van der Waals surface area (Å²) in [4.78, 5) is 23.5. The summed E-state index contributed by atoms with van der Waals surface area (Å²) in [7, 11) is 0. The Morgan fingerprint density at radius 1 is 0.472 bits per heavy atom. The van der Waals surface area contributed by atoms with E-state index in [1.54, 1.807) is 0 Å². The first-order chi connectivity index (χ1) is 25.7. The molecule has 4 N–H and O–H groups in total. The molecule has 2 aromatic carbocycles. The van der Waals surface area contributed by atoms with Crippen molar-refractivity contribution in [1.29, 1.82) is 0 Å². The van der Waals surface area contributed by atoms with Crippen LogP contribution in [0.2, 0.25) is 10.0 Å². The van der Waals surface area contributed by atoms with E-state index in [2.05, 4.69) is 6.92 Å². The number of halogens is 2. The maximum absolute atomic E-state index is 11.7. The van der Waals surface area contributed by atoms with Crippen molar-refractivity contribution >= 4 is 40.7 Å². The first kappa shape index (κ1) is 46.5. The van der Waals surface area contributed by atoms with E-state index in [1.807, 2.05) is 6.08 Å². The minimum atomic E-state index is -1.34. The lowest BCUT2D eigenvalue weighted by Crippen LogP contribution is -2.02. The Labute approximate surface area is 330 Å². The van der Waals surface area contributed by atoms with Gasteiger partial charge < -0.3 is 20.4 Å². The molecule has 8 heteroatoms. The number of carboxylic acid groups (broad SMARTS) is 2. The van der Waals surface area contributed by atoms with Crippen molar-refractivity contribution in [3.63, 3.8) is 0 Å². The standard InChI is InChI=1S/C45H68Cl2O6/c1-2-3-4-5-6-7-8-9-10-11-12-13-14-15-16-17-18-19-20-21-22-23-24-25-26-27-28-29-30-37(35-31-38(44(50)51)42(48)40(46)33-35)36-32-39(45(52)53)43(49)41(47)34-36/h30-34,48-49H,2-29H2,1H3,(H,50,51)(H,52,53). The Kier molecular flexibility index (Phi) is 25.2. The number of hydrogen-bond donors (Lipinski definition) is 4. The first-order valence-electron chi connectivity index (χ1n) is 20.9. The van der Waals surface area contributed by atoms with Crippen LogP contribution in [-0.4, -0.2) is 32.4 Å². The second-order valence-corrected chi connectivity index (χ2v) is 15.7. The largest absolute Gasteiger partial charge is 0.505 e. The van der Waals surface area contributed by atoms with E-state index in [-0.39, 0.29) is 21.2 Å². The average molecular weight is 776 g/mol. The molecule has 2 aromatic rings. The van der Waals surface area contributed by atoms with Crippen molar-refractivity contribution < 1.29 is 30.0 Å². The van der Waals surface area contributed by atoms with Crippen LogP contribution in [0.1, 0.15) is 219 Å². The van der Waals surface area contributed by atoms with Gasteiger partial charge in [-0.3, -0.25) is 0 Å². The van der Waals surface area contributed by atoms with E-state index in [0.29, 0.717) is 23.1 Å². The van der Waals surface area contributed by atoms with Gasteiger partial charge in [0.25, 0.3) is 0 Å². The predicted molar refractivity (Wildman–Crippen MR) is 222 cm³/mol. The molecular weight excluding hydrogens is 707 g/mol. The summed E-state index contributed by atoms with van der Waals surface area (Å²) >= 11 is 12.3. The summed E-state index contributed by atoms with van der Waals surface area (Å²) in [5.41, 5.74) is 0.588. The third kappa shape index (κ3) is 19.5. The SMILES string of the molecule is CCCCCCCCCCCCCCCCCCCCCCCCCCCCCC=C(c1cc(Cl)c(O)c(C(=O)O)c1)c1cc(Cl)c(O)c(C(=O)O)c1. The molecule has 0 amide bonds. The summed E-state index contributed by atoms with van der Waals surface area (Å²) in [6.45, 7) is 2.29. The maximum atomic E-state index is 11.7. The van der Waals surface area contributed by atoms with Gasteiger partial charge in [-0.15, -0.1) is 0 Å².